The molecule has 21 heavy (non-hydrogen) atoms. The molecule has 0 saturated carbocycles. The summed E-state index contributed by atoms with van der Waals surface area (Å²) < 4.78 is 5.82. The maximum atomic E-state index is 12.6. The van der Waals surface area contributed by atoms with Crippen LogP contribution in [0.1, 0.15) is 63.7 Å². The Hall–Kier alpha value is -1.29. The lowest BCUT2D eigenvalue weighted by molar-refractivity contribution is -0.131. The number of furan rings is 1. The summed E-state index contributed by atoms with van der Waals surface area (Å²) in [6.07, 6.45) is 2.59. The molecule has 2 unspecified atom stereocenters. The van der Waals surface area contributed by atoms with Gasteiger partial charge in [-0.2, -0.15) is 0 Å². The molecule has 118 valence electrons. The molecule has 0 aromatic carbocycles. The first kappa shape index (κ1) is 16.1. The van der Waals surface area contributed by atoms with Gasteiger partial charge in [0, 0.05) is 18.5 Å². The zero-order valence-corrected chi connectivity index (χ0v) is 13.9. The normalized spacial score (nSPS) is 23.2. The summed E-state index contributed by atoms with van der Waals surface area (Å²) in [6.45, 7) is 10.7. The second-order valence-corrected chi connectivity index (χ2v) is 7.43. The molecule has 1 amide bonds. The largest absolute Gasteiger partial charge is 0.466 e. The number of fused-ring (bicyclic) bond motifs is 1. The number of rotatable bonds is 4. The third-order valence-electron chi connectivity index (χ3n) is 4.82. The molecule has 0 bridgehead atoms. The van der Waals surface area contributed by atoms with Crippen LogP contribution in [-0.4, -0.2) is 12.5 Å². The third-order valence-corrected chi connectivity index (χ3v) is 4.82. The second-order valence-electron chi connectivity index (χ2n) is 7.43. The van der Waals surface area contributed by atoms with Gasteiger partial charge < -0.3 is 15.5 Å². The molecule has 0 spiro atoms. The topological polar surface area (TPSA) is 68.3 Å². The van der Waals surface area contributed by atoms with E-state index in [0.29, 0.717) is 6.54 Å². The molecule has 0 radical (unpaired) electrons. The smallest absolute Gasteiger partial charge is 0.227 e. The van der Waals surface area contributed by atoms with Crippen molar-refractivity contribution in [2.45, 2.75) is 59.9 Å². The van der Waals surface area contributed by atoms with Crippen LogP contribution in [0.5, 0.6) is 0 Å². The molecule has 4 heteroatoms. The van der Waals surface area contributed by atoms with Crippen LogP contribution < -0.4 is 11.1 Å². The zero-order valence-electron chi connectivity index (χ0n) is 13.9. The number of nitrogens with two attached hydrogens (primary N) is 1. The van der Waals surface area contributed by atoms with Crippen molar-refractivity contribution >= 4 is 5.91 Å². The highest BCUT2D eigenvalue weighted by molar-refractivity contribution is 5.83. The third kappa shape index (κ3) is 3.15. The number of carbonyl (C=O) groups is 1. The minimum atomic E-state index is -0.499. The van der Waals surface area contributed by atoms with Crippen LogP contribution in [0, 0.1) is 17.8 Å². The van der Waals surface area contributed by atoms with E-state index in [0.717, 1.165) is 36.3 Å². The van der Waals surface area contributed by atoms with Gasteiger partial charge in [-0.05, 0) is 38.2 Å². The standard InChI is InChI=1S/C17H28N2O2/c1-6-17(5,10-18)15(20)19-13-8-16(3,4)9-14-12(13)7-11(2)21-14/h7,13H,6,8-10,18H2,1-5H3,(H,19,20). The van der Waals surface area contributed by atoms with Crippen molar-refractivity contribution in [2.75, 3.05) is 6.54 Å². The van der Waals surface area contributed by atoms with Crippen molar-refractivity contribution in [1.29, 1.82) is 0 Å². The predicted octanol–water partition coefficient (Wildman–Crippen LogP) is 3.09. The van der Waals surface area contributed by atoms with Crippen LogP contribution in [0.25, 0.3) is 0 Å². The molecule has 4 nitrogen and oxygen atoms in total. The van der Waals surface area contributed by atoms with E-state index in [1.165, 1.54) is 0 Å². The number of hydrogen-bond donors (Lipinski definition) is 2. The minimum absolute atomic E-state index is 0.0196. The summed E-state index contributed by atoms with van der Waals surface area (Å²) in [5.74, 6) is 1.97. The fourth-order valence-electron chi connectivity index (χ4n) is 3.04. The summed E-state index contributed by atoms with van der Waals surface area (Å²) >= 11 is 0. The van der Waals surface area contributed by atoms with E-state index in [4.69, 9.17) is 10.2 Å². The van der Waals surface area contributed by atoms with Crippen LogP contribution in [0.15, 0.2) is 10.5 Å². The van der Waals surface area contributed by atoms with Gasteiger partial charge in [-0.3, -0.25) is 4.79 Å². The van der Waals surface area contributed by atoms with Gasteiger partial charge in [0.1, 0.15) is 11.5 Å². The van der Waals surface area contributed by atoms with Crippen molar-refractivity contribution in [3.8, 4) is 0 Å². The van der Waals surface area contributed by atoms with E-state index in [1.807, 2.05) is 20.8 Å². The summed E-state index contributed by atoms with van der Waals surface area (Å²) in [5, 5.41) is 3.21. The van der Waals surface area contributed by atoms with Gasteiger partial charge >= 0.3 is 0 Å². The molecule has 0 aliphatic heterocycles. The molecule has 1 heterocycles. The Bertz CT molecular complexity index is 527. The SMILES string of the molecule is CCC(C)(CN)C(=O)NC1CC(C)(C)Cc2oc(C)cc21. The van der Waals surface area contributed by atoms with Crippen LogP contribution in [-0.2, 0) is 11.2 Å². The molecule has 0 fully saturated rings. The van der Waals surface area contributed by atoms with Crippen LogP contribution >= 0.6 is 0 Å². The first-order valence-electron chi connectivity index (χ1n) is 7.81. The Kier molecular flexibility index (Phi) is 4.20. The Labute approximate surface area is 127 Å². The van der Waals surface area contributed by atoms with E-state index >= 15 is 0 Å². The van der Waals surface area contributed by atoms with Crippen LogP contribution in [0.3, 0.4) is 0 Å². The first-order chi connectivity index (χ1) is 9.70. The fraction of sp³-hybridized carbons (Fsp3) is 0.706. The number of nitrogens with one attached hydrogen (secondary N) is 1. The average molecular weight is 292 g/mol. The van der Waals surface area contributed by atoms with E-state index < -0.39 is 5.41 Å². The first-order valence-corrected chi connectivity index (χ1v) is 7.81. The molecule has 1 aromatic rings. The molecule has 1 aliphatic rings. The quantitative estimate of drug-likeness (QED) is 0.896. The molecule has 2 rings (SSSR count). The summed E-state index contributed by atoms with van der Waals surface area (Å²) in [4.78, 5) is 12.6. The molecule has 3 N–H and O–H groups in total. The number of hydrogen-bond acceptors (Lipinski definition) is 3. The Morgan fingerprint density at radius 2 is 2.24 bits per heavy atom. The second kappa shape index (κ2) is 5.48. The van der Waals surface area contributed by atoms with Gasteiger partial charge in [-0.1, -0.05) is 20.8 Å². The molecule has 1 aromatic heterocycles. The average Bonchev–Trinajstić information content (AvgIpc) is 2.76. The highest BCUT2D eigenvalue weighted by atomic mass is 16.3. The van der Waals surface area contributed by atoms with Gasteiger partial charge in [-0.15, -0.1) is 0 Å². The molecule has 2 atom stereocenters. The van der Waals surface area contributed by atoms with Crippen molar-refractivity contribution in [2.24, 2.45) is 16.6 Å². The lowest BCUT2D eigenvalue weighted by Gasteiger charge is -2.36. The maximum Gasteiger partial charge on any atom is 0.227 e. The van der Waals surface area contributed by atoms with Crippen molar-refractivity contribution in [1.82, 2.24) is 5.32 Å². The maximum absolute atomic E-state index is 12.6. The number of carbonyl (C=O) groups excluding carboxylic acids is 1. The van der Waals surface area contributed by atoms with E-state index in [-0.39, 0.29) is 17.4 Å². The minimum Gasteiger partial charge on any atom is -0.466 e. The van der Waals surface area contributed by atoms with Crippen LogP contribution in [0.2, 0.25) is 0 Å². The molecular formula is C17H28N2O2. The Morgan fingerprint density at radius 3 is 2.81 bits per heavy atom. The number of aryl methyl sites for hydroxylation is 1. The molecule has 1 aliphatic carbocycles. The zero-order chi connectivity index (χ0) is 15.8. The van der Waals surface area contributed by atoms with Crippen LogP contribution in [0.4, 0.5) is 0 Å². The lowest BCUT2D eigenvalue weighted by Crippen LogP contribution is -2.46. The Morgan fingerprint density at radius 1 is 1.57 bits per heavy atom. The van der Waals surface area contributed by atoms with Gasteiger partial charge in [0.05, 0.1) is 11.5 Å². The monoisotopic (exact) mass is 292 g/mol. The van der Waals surface area contributed by atoms with Gasteiger partial charge in [0.15, 0.2) is 0 Å². The van der Waals surface area contributed by atoms with Gasteiger partial charge in [-0.25, -0.2) is 0 Å². The summed E-state index contributed by atoms with van der Waals surface area (Å²) in [5.41, 5.74) is 6.56. The summed E-state index contributed by atoms with van der Waals surface area (Å²) in [6, 6.07) is 2.08. The highest BCUT2D eigenvalue weighted by Crippen LogP contribution is 2.42. The van der Waals surface area contributed by atoms with E-state index in [9.17, 15) is 4.79 Å². The van der Waals surface area contributed by atoms with E-state index in [2.05, 4.69) is 25.2 Å². The van der Waals surface area contributed by atoms with Gasteiger partial charge in [0.25, 0.3) is 0 Å². The van der Waals surface area contributed by atoms with E-state index in [1.54, 1.807) is 0 Å². The van der Waals surface area contributed by atoms with Crippen molar-refractivity contribution in [3.63, 3.8) is 0 Å². The predicted molar refractivity (Wildman–Crippen MR) is 83.9 cm³/mol. The van der Waals surface area contributed by atoms with Gasteiger partial charge in [0.2, 0.25) is 5.91 Å². The molecule has 0 saturated heterocycles. The fourth-order valence-corrected chi connectivity index (χ4v) is 3.04. The molecular weight excluding hydrogens is 264 g/mol. The van der Waals surface area contributed by atoms with Crippen molar-refractivity contribution < 1.29 is 9.21 Å². The lowest BCUT2D eigenvalue weighted by atomic mass is 9.74. The summed E-state index contributed by atoms with van der Waals surface area (Å²) in [7, 11) is 0. The Balaban J connectivity index is 2.25. The number of amides is 1. The van der Waals surface area contributed by atoms with Crippen molar-refractivity contribution in [3.05, 3.63) is 23.2 Å². The highest BCUT2D eigenvalue weighted by Gasteiger charge is 2.38.